The molecule has 0 spiro atoms. The first-order chi connectivity index (χ1) is 8.08. The topological polar surface area (TPSA) is 60.8 Å². The van der Waals surface area contributed by atoms with Gasteiger partial charge in [0.15, 0.2) is 0 Å². The summed E-state index contributed by atoms with van der Waals surface area (Å²) in [6.07, 6.45) is 0.548. The van der Waals surface area contributed by atoms with Gasteiger partial charge in [0.1, 0.15) is 0 Å². The zero-order valence-electron chi connectivity index (χ0n) is 9.84. The first kappa shape index (κ1) is 11.9. The van der Waals surface area contributed by atoms with Gasteiger partial charge in [0.2, 0.25) is 0 Å². The Morgan fingerprint density at radius 3 is 2.53 bits per heavy atom. The number of anilines is 1. The van der Waals surface area contributed by atoms with E-state index >= 15 is 0 Å². The minimum absolute atomic E-state index is 0.218. The van der Waals surface area contributed by atoms with E-state index in [1.54, 1.807) is 12.1 Å². The van der Waals surface area contributed by atoms with Crippen molar-refractivity contribution in [2.75, 3.05) is 18.0 Å². The van der Waals surface area contributed by atoms with E-state index in [1.165, 1.54) is 0 Å². The molecule has 4 nitrogen and oxygen atoms in total. The predicted molar refractivity (Wildman–Crippen MR) is 65.4 cm³/mol. The van der Waals surface area contributed by atoms with Crippen molar-refractivity contribution in [1.82, 2.24) is 0 Å². The van der Waals surface area contributed by atoms with Gasteiger partial charge in [0.05, 0.1) is 11.7 Å². The van der Waals surface area contributed by atoms with Crippen molar-refractivity contribution in [3.8, 4) is 0 Å². The molecular formula is C13H17NO3. The fourth-order valence-corrected chi connectivity index (χ4v) is 2.18. The Labute approximate surface area is 100 Å². The van der Waals surface area contributed by atoms with Crippen LogP contribution in [0.3, 0.4) is 0 Å². The van der Waals surface area contributed by atoms with Gasteiger partial charge in [0, 0.05) is 18.8 Å². The van der Waals surface area contributed by atoms with E-state index in [9.17, 15) is 9.90 Å². The summed E-state index contributed by atoms with van der Waals surface area (Å²) in [6.45, 7) is 3.66. The molecule has 1 aliphatic heterocycles. The highest BCUT2D eigenvalue weighted by Gasteiger charge is 2.24. The van der Waals surface area contributed by atoms with Crippen molar-refractivity contribution in [2.45, 2.75) is 19.4 Å². The number of benzene rings is 1. The Hall–Kier alpha value is -1.55. The van der Waals surface area contributed by atoms with Crippen molar-refractivity contribution in [2.24, 2.45) is 5.92 Å². The molecule has 92 valence electrons. The van der Waals surface area contributed by atoms with Gasteiger partial charge in [-0.15, -0.1) is 0 Å². The molecule has 1 aromatic rings. The Kier molecular flexibility index (Phi) is 3.33. The first-order valence-corrected chi connectivity index (χ1v) is 5.84. The fourth-order valence-electron chi connectivity index (χ4n) is 2.18. The van der Waals surface area contributed by atoms with E-state index in [1.807, 2.05) is 19.1 Å². The summed E-state index contributed by atoms with van der Waals surface area (Å²) in [5, 5.41) is 18.5. The standard InChI is InChI=1S/C13H17NO3/c1-9-8-14(7-6-12(9)15)11-4-2-10(3-5-11)13(16)17/h2-5,9,12,15H,6-8H2,1H3,(H,16,17)/t9-,12-/m1/s1. The molecule has 0 aromatic heterocycles. The minimum Gasteiger partial charge on any atom is -0.478 e. The highest BCUT2D eigenvalue weighted by atomic mass is 16.4. The van der Waals surface area contributed by atoms with Crippen LogP contribution in [0, 0.1) is 5.92 Å². The van der Waals surface area contributed by atoms with Gasteiger partial charge in [-0.1, -0.05) is 6.92 Å². The number of carboxylic acids is 1. The van der Waals surface area contributed by atoms with E-state index < -0.39 is 5.97 Å². The molecule has 1 saturated heterocycles. The van der Waals surface area contributed by atoms with Gasteiger partial charge >= 0.3 is 5.97 Å². The largest absolute Gasteiger partial charge is 0.478 e. The quantitative estimate of drug-likeness (QED) is 0.817. The maximum absolute atomic E-state index is 10.7. The van der Waals surface area contributed by atoms with E-state index in [-0.39, 0.29) is 12.0 Å². The number of nitrogens with zero attached hydrogens (tertiary/aromatic N) is 1. The first-order valence-electron chi connectivity index (χ1n) is 5.84. The highest BCUT2D eigenvalue weighted by molar-refractivity contribution is 5.88. The van der Waals surface area contributed by atoms with Crippen LogP contribution in [0.25, 0.3) is 0 Å². The maximum atomic E-state index is 10.7. The number of aliphatic hydroxyl groups is 1. The zero-order chi connectivity index (χ0) is 12.4. The number of hydrogen-bond acceptors (Lipinski definition) is 3. The summed E-state index contributed by atoms with van der Waals surface area (Å²) < 4.78 is 0. The van der Waals surface area contributed by atoms with E-state index in [0.29, 0.717) is 5.56 Å². The van der Waals surface area contributed by atoms with Gasteiger partial charge in [-0.3, -0.25) is 0 Å². The zero-order valence-corrected chi connectivity index (χ0v) is 9.84. The third kappa shape index (κ3) is 2.58. The summed E-state index contributed by atoms with van der Waals surface area (Å²) >= 11 is 0. The van der Waals surface area contributed by atoms with E-state index in [4.69, 9.17) is 5.11 Å². The Balaban J connectivity index is 2.10. The molecule has 0 unspecified atom stereocenters. The summed E-state index contributed by atoms with van der Waals surface area (Å²) in [4.78, 5) is 12.9. The van der Waals surface area contributed by atoms with E-state index in [0.717, 1.165) is 25.2 Å². The third-order valence-electron chi connectivity index (χ3n) is 3.34. The monoisotopic (exact) mass is 235 g/mol. The molecule has 1 aliphatic rings. The molecule has 0 radical (unpaired) electrons. The summed E-state index contributed by atoms with van der Waals surface area (Å²) in [7, 11) is 0. The molecule has 2 N–H and O–H groups in total. The molecule has 17 heavy (non-hydrogen) atoms. The highest BCUT2D eigenvalue weighted by Crippen LogP contribution is 2.23. The van der Waals surface area contributed by atoms with Crippen LogP contribution in [-0.2, 0) is 0 Å². The SMILES string of the molecule is C[C@@H]1CN(c2ccc(C(=O)O)cc2)CC[C@H]1O. The number of piperidine rings is 1. The van der Waals surface area contributed by atoms with Crippen molar-refractivity contribution >= 4 is 11.7 Å². The Bertz CT molecular complexity index is 402. The number of hydrogen-bond donors (Lipinski definition) is 2. The van der Waals surface area contributed by atoms with Gasteiger partial charge in [0.25, 0.3) is 0 Å². The summed E-state index contributed by atoms with van der Waals surface area (Å²) in [5.41, 5.74) is 1.33. The molecule has 0 bridgehead atoms. The van der Waals surface area contributed by atoms with Crippen molar-refractivity contribution < 1.29 is 15.0 Å². The van der Waals surface area contributed by atoms with Crippen LogP contribution < -0.4 is 4.90 Å². The second-order valence-electron chi connectivity index (χ2n) is 4.63. The fraction of sp³-hybridized carbons (Fsp3) is 0.462. The molecule has 4 heteroatoms. The predicted octanol–water partition coefficient (Wildman–Crippen LogP) is 1.59. The Morgan fingerprint density at radius 2 is 2.00 bits per heavy atom. The van der Waals surface area contributed by atoms with Crippen LogP contribution >= 0.6 is 0 Å². The number of carboxylic acid groups (broad SMARTS) is 1. The van der Waals surface area contributed by atoms with Crippen LogP contribution in [-0.4, -0.2) is 35.4 Å². The third-order valence-corrected chi connectivity index (χ3v) is 3.34. The molecule has 1 aromatic carbocycles. The average Bonchev–Trinajstić information content (AvgIpc) is 2.33. The molecule has 1 heterocycles. The van der Waals surface area contributed by atoms with Gasteiger partial charge in [-0.25, -0.2) is 4.79 Å². The lowest BCUT2D eigenvalue weighted by atomic mass is 9.96. The lowest BCUT2D eigenvalue weighted by Crippen LogP contribution is -2.41. The van der Waals surface area contributed by atoms with Crippen molar-refractivity contribution in [3.05, 3.63) is 29.8 Å². The molecule has 1 fully saturated rings. The van der Waals surface area contributed by atoms with Gasteiger partial charge < -0.3 is 15.1 Å². The molecule has 0 aliphatic carbocycles. The molecule has 2 rings (SSSR count). The second-order valence-corrected chi connectivity index (χ2v) is 4.63. The average molecular weight is 235 g/mol. The van der Waals surface area contributed by atoms with Crippen LogP contribution in [0.2, 0.25) is 0 Å². The summed E-state index contributed by atoms with van der Waals surface area (Å²) in [6, 6.07) is 6.89. The normalized spacial score (nSPS) is 24.7. The van der Waals surface area contributed by atoms with Crippen molar-refractivity contribution in [3.63, 3.8) is 0 Å². The lowest BCUT2D eigenvalue weighted by molar-refractivity contribution is 0.0697. The van der Waals surface area contributed by atoms with Gasteiger partial charge in [-0.2, -0.15) is 0 Å². The maximum Gasteiger partial charge on any atom is 0.335 e. The number of aromatic carboxylic acids is 1. The number of aliphatic hydroxyl groups excluding tert-OH is 1. The van der Waals surface area contributed by atoms with Crippen LogP contribution in [0.5, 0.6) is 0 Å². The van der Waals surface area contributed by atoms with E-state index in [2.05, 4.69) is 4.90 Å². The van der Waals surface area contributed by atoms with Crippen LogP contribution in [0.1, 0.15) is 23.7 Å². The smallest absolute Gasteiger partial charge is 0.335 e. The summed E-state index contributed by atoms with van der Waals surface area (Å²) in [5.74, 6) is -0.651. The second kappa shape index (κ2) is 4.75. The molecule has 0 saturated carbocycles. The number of carbonyl (C=O) groups is 1. The van der Waals surface area contributed by atoms with Crippen LogP contribution in [0.15, 0.2) is 24.3 Å². The molecular weight excluding hydrogens is 218 g/mol. The van der Waals surface area contributed by atoms with Crippen molar-refractivity contribution in [1.29, 1.82) is 0 Å². The molecule has 2 atom stereocenters. The number of rotatable bonds is 2. The molecule has 0 amide bonds. The van der Waals surface area contributed by atoms with Gasteiger partial charge in [-0.05, 0) is 36.6 Å². The van der Waals surface area contributed by atoms with Crippen LogP contribution in [0.4, 0.5) is 5.69 Å². The minimum atomic E-state index is -0.904. The lowest BCUT2D eigenvalue weighted by Gasteiger charge is -2.36. The Morgan fingerprint density at radius 1 is 1.35 bits per heavy atom.